The number of anilines is 1. The van der Waals surface area contributed by atoms with Crippen LogP contribution in [0, 0.1) is 5.82 Å². The second kappa shape index (κ2) is 6.99. The van der Waals surface area contributed by atoms with E-state index in [4.69, 9.17) is 10.9 Å². The Hall–Kier alpha value is -2.21. The Morgan fingerprint density at radius 3 is 2.76 bits per heavy atom. The molecule has 0 fully saturated rings. The van der Waals surface area contributed by atoms with Gasteiger partial charge in [0.05, 0.1) is 5.56 Å². The van der Waals surface area contributed by atoms with Crippen molar-refractivity contribution in [3.63, 3.8) is 0 Å². The number of thioether (sulfide) groups is 1. The number of para-hydroxylation sites is 1. The second-order valence-electron chi connectivity index (χ2n) is 4.32. The topological polar surface area (TPSA) is 70.6 Å². The molecule has 0 saturated carbocycles. The predicted molar refractivity (Wildman–Crippen MR) is 84.5 cm³/mol. The standard InChI is InChI=1S/C15H16FN3OS/c1-21-13-8-3-2-7-12(13)18-9-10-5-4-6-11(14(10)16)15(17)19-20/h2-8,18,20H,9H2,1H3,(H2,17,19). The molecule has 0 amide bonds. The molecule has 2 aromatic carbocycles. The molecule has 0 atom stereocenters. The molecule has 0 aromatic heterocycles. The molecule has 4 N–H and O–H groups in total. The van der Waals surface area contributed by atoms with Gasteiger partial charge >= 0.3 is 0 Å². The number of hydrogen-bond acceptors (Lipinski definition) is 4. The molecule has 110 valence electrons. The maximum Gasteiger partial charge on any atom is 0.173 e. The largest absolute Gasteiger partial charge is 0.409 e. The molecule has 0 aliphatic heterocycles. The van der Waals surface area contributed by atoms with E-state index < -0.39 is 5.82 Å². The molecule has 0 heterocycles. The average Bonchev–Trinajstić information content (AvgIpc) is 2.53. The third-order valence-corrected chi connectivity index (χ3v) is 3.83. The number of benzene rings is 2. The average molecular weight is 305 g/mol. The van der Waals surface area contributed by atoms with Gasteiger partial charge in [-0.15, -0.1) is 11.8 Å². The third kappa shape index (κ3) is 3.46. The van der Waals surface area contributed by atoms with E-state index in [1.807, 2.05) is 30.5 Å². The van der Waals surface area contributed by atoms with E-state index in [1.54, 1.807) is 23.9 Å². The van der Waals surface area contributed by atoms with Gasteiger partial charge in [-0.25, -0.2) is 4.39 Å². The quantitative estimate of drug-likeness (QED) is 0.261. The molecule has 0 bridgehead atoms. The van der Waals surface area contributed by atoms with Crippen molar-refractivity contribution >= 4 is 23.3 Å². The number of hydrogen-bond donors (Lipinski definition) is 3. The van der Waals surface area contributed by atoms with Crippen LogP contribution in [0.5, 0.6) is 0 Å². The summed E-state index contributed by atoms with van der Waals surface area (Å²) in [5.74, 6) is -0.721. The zero-order valence-corrected chi connectivity index (χ0v) is 12.3. The highest BCUT2D eigenvalue weighted by atomic mass is 32.2. The highest BCUT2D eigenvalue weighted by Gasteiger charge is 2.11. The minimum atomic E-state index is -0.484. The third-order valence-electron chi connectivity index (χ3n) is 3.04. The lowest BCUT2D eigenvalue weighted by Gasteiger charge is -2.12. The summed E-state index contributed by atoms with van der Waals surface area (Å²) in [5.41, 5.74) is 6.94. The summed E-state index contributed by atoms with van der Waals surface area (Å²) >= 11 is 1.62. The number of nitrogens with two attached hydrogens (primary N) is 1. The summed E-state index contributed by atoms with van der Waals surface area (Å²) in [6.07, 6.45) is 1.99. The molecule has 0 spiro atoms. The predicted octanol–water partition coefficient (Wildman–Crippen LogP) is 3.25. The molecule has 21 heavy (non-hydrogen) atoms. The molecule has 4 nitrogen and oxygen atoms in total. The SMILES string of the molecule is CSc1ccccc1NCc1cccc(/C(N)=N/O)c1F. The van der Waals surface area contributed by atoms with Crippen molar-refractivity contribution in [3.8, 4) is 0 Å². The monoisotopic (exact) mass is 305 g/mol. The normalized spacial score (nSPS) is 11.4. The van der Waals surface area contributed by atoms with E-state index in [2.05, 4.69) is 10.5 Å². The van der Waals surface area contributed by atoms with Crippen LogP contribution in [0.2, 0.25) is 0 Å². The van der Waals surface area contributed by atoms with Crippen LogP contribution >= 0.6 is 11.8 Å². The van der Waals surface area contributed by atoms with Gasteiger partial charge in [0, 0.05) is 22.7 Å². The van der Waals surface area contributed by atoms with Crippen molar-refractivity contribution in [1.82, 2.24) is 0 Å². The van der Waals surface area contributed by atoms with Crippen LogP contribution in [0.1, 0.15) is 11.1 Å². The van der Waals surface area contributed by atoms with Gasteiger partial charge in [-0.2, -0.15) is 0 Å². The van der Waals surface area contributed by atoms with Gasteiger partial charge in [0.1, 0.15) is 5.82 Å². The van der Waals surface area contributed by atoms with Gasteiger partial charge in [-0.3, -0.25) is 0 Å². The molecular weight excluding hydrogens is 289 g/mol. The maximum absolute atomic E-state index is 14.3. The zero-order valence-electron chi connectivity index (χ0n) is 11.5. The van der Waals surface area contributed by atoms with Gasteiger partial charge in [-0.1, -0.05) is 29.4 Å². The number of halogens is 1. The Balaban J connectivity index is 2.21. The summed E-state index contributed by atoms with van der Waals surface area (Å²) in [6.45, 7) is 0.315. The van der Waals surface area contributed by atoms with Gasteiger partial charge in [0.25, 0.3) is 0 Å². The van der Waals surface area contributed by atoms with Crippen molar-refractivity contribution in [2.24, 2.45) is 10.9 Å². The first-order valence-corrected chi connectivity index (χ1v) is 7.52. The molecule has 6 heteroatoms. The second-order valence-corrected chi connectivity index (χ2v) is 5.17. The summed E-state index contributed by atoms with van der Waals surface area (Å²) < 4.78 is 14.3. The summed E-state index contributed by atoms with van der Waals surface area (Å²) in [7, 11) is 0. The number of nitrogens with one attached hydrogen (secondary N) is 1. The van der Waals surface area contributed by atoms with Crippen LogP contribution in [0.4, 0.5) is 10.1 Å². The summed E-state index contributed by atoms with van der Waals surface area (Å²) in [4.78, 5) is 1.09. The van der Waals surface area contributed by atoms with Crippen molar-refractivity contribution in [1.29, 1.82) is 0 Å². The van der Waals surface area contributed by atoms with E-state index in [0.717, 1.165) is 10.6 Å². The van der Waals surface area contributed by atoms with Crippen molar-refractivity contribution < 1.29 is 9.60 Å². The molecule has 2 aromatic rings. The highest BCUT2D eigenvalue weighted by molar-refractivity contribution is 7.98. The smallest absolute Gasteiger partial charge is 0.173 e. The zero-order chi connectivity index (χ0) is 15.2. The van der Waals surface area contributed by atoms with E-state index >= 15 is 0 Å². The lowest BCUT2D eigenvalue weighted by atomic mass is 10.1. The minimum absolute atomic E-state index is 0.0925. The van der Waals surface area contributed by atoms with E-state index in [9.17, 15) is 4.39 Å². The summed E-state index contributed by atoms with van der Waals surface area (Å²) in [5, 5.41) is 14.7. The van der Waals surface area contributed by atoms with Crippen LogP contribution in [0.25, 0.3) is 0 Å². The van der Waals surface area contributed by atoms with Crippen LogP contribution in [-0.4, -0.2) is 17.3 Å². The lowest BCUT2D eigenvalue weighted by molar-refractivity contribution is 0.318. The Bertz CT molecular complexity index is 661. The van der Waals surface area contributed by atoms with Crippen molar-refractivity contribution in [2.45, 2.75) is 11.4 Å². The van der Waals surface area contributed by atoms with Crippen molar-refractivity contribution in [2.75, 3.05) is 11.6 Å². The molecule has 2 rings (SSSR count). The molecule has 0 aliphatic rings. The number of nitrogens with zero attached hydrogens (tertiary/aromatic N) is 1. The maximum atomic E-state index is 14.3. The van der Waals surface area contributed by atoms with Crippen LogP contribution in [-0.2, 0) is 6.54 Å². The first-order chi connectivity index (χ1) is 10.2. The van der Waals surface area contributed by atoms with Gasteiger partial charge in [0.2, 0.25) is 0 Å². The van der Waals surface area contributed by atoms with Crippen LogP contribution < -0.4 is 11.1 Å². The highest BCUT2D eigenvalue weighted by Crippen LogP contribution is 2.25. The fraction of sp³-hybridized carbons (Fsp3) is 0.133. The first kappa shape index (κ1) is 15.2. The fourth-order valence-electron chi connectivity index (χ4n) is 1.95. The van der Waals surface area contributed by atoms with Crippen LogP contribution in [0.15, 0.2) is 52.5 Å². The Kier molecular flexibility index (Phi) is 5.05. The first-order valence-electron chi connectivity index (χ1n) is 6.29. The van der Waals surface area contributed by atoms with E-state index in [0.29, 0.717) is 12.1 Å². The number of rotatable bonds is 5. The number of amidine groups is 1. The molecular formula is C15H16FN3OS. The molecule has 0 saturated heterocycles. The summed E-state index contributed by atoms with van der Waals surface area (Å²) in [6, 6.07) is 12.6. The van der Waals surface area contributed by atoms with E-state index in [1.165, 1.54) is 6.07 Å². The number of oxime groups is 1. The van der Waals surface area contributed by atoms with Crippen molar-refractivity contribution in [3.05, 3.63) is 59.4 Å². The van der Waals surface area contributed by atoms with Crippen LogP contribution in [0.3, 0.4) is 0 Å². The minimum Gasteiger partial charge on any atom is -0.409 e. The van der Waals surface area contributed by atoms with E-state index in [-0.39, 0.29) is 11.4 Å². The van der Waals surface area contributed by atoms with Gasteiger partial charge < -0.3 is 16.3 Å². The lowest BCUT2D eigenvalue weighted by Crippen LogP contribution is -2.16. The van der Waals surface area contributed by atoms with Gasteiger partial charge in [-0.05, 0) is 24.5 Å². The Morgan fingerprint density at radius 2 is 2.05 bits per heavy atom. The van der Waals surface area contributed by atoms with Gasteiger partial charge in [0.15, 0.2) is 5.84 Å². The molecule has 0 radical (unpaired) electrons. The Labute approximate surface area is 126 Å². The Morgan fingerprint density at radius 1 is 1.29 bits per heavy atom. The fourth-order valence-corrected chi connectivity index (χ4v) is 2.52. The molecule has 0 aliphatic carbocycles. The molecule has 0 unspecified atom stereocenters.